The molecule has 0 aliphatic rings. The van der Waals surface area contributed by atoms with Gasteiger partial charge >= 0.3 is 5.97 Å². The highest BCUT2D eigenvalue weighted by Crippen LogP contribution is 2.30. The molecule has 0 unspecified atom stereocenters. The normalized spacial score (nSPS) is 10.4. The Labute approximate surface area is 132 Å². The first-order chi connectivity index (χ1) is 10.5. The molecule has 0 radical (unpaired) electrons. The molecule has 0 heterocycles. The van der Waals surface area contributed by atoms with E-state index in [2.05, 4.69) is 0 Å². The SMILES string of the molecule is CCc1ccc(Sc2ccc([N+](=O)[O-])cc2)cc1CC(=O)O. The third-order valence-electron chi connectivity index (χ3n) is 3.18. The Bertz CT molecular complexity index is 698. The van der Waals surface area contributed by atoms with Crippen LogP contribution in [0.2, 0.25) is 0 Å². The van der Waals surface area contributed by atoms with Gasteiger partial charge in [-0.25, -0.2) is 0 Å². The van der Waals surface area contributed by atoms with Crippen LogP contribution in [0.4, 0.5) is 5.69 Å². The molecule has 5 nitrogen and oxygen atoms in total. The fraction of sp³-hybridized carbons (Fsp3) is 0.188. The van der Waals surface area contributed by atoms with Crippen molar-refractivity contribution in [2.24, 2.45) is 0 Å². The Morgan fingerprint density at radius 1 is 1.14 bits per heavy atom. The maximum atomic E-state index is 10.9. The summed E-state index contributed by atoms with van der Waals surface area (Å²) in [6.07, 6.45) is 0.781. The second kappa shape index (κ2) is 7.09. The monoisotopic (exact) mass is 317 g/mol. The standard InChI is InChI=1S/C16H15NO4S/c1-2-11-3-6-15(9-12(11)10-16(18)19)22-14-7-4-13(5-8-14)17(20)21/h3-9H,2,10H2,1H3,(H,18,19). The van der Waals surface area contributed by atoms with Gasteiger partial charge in [-0.1, -0.05) is 24.8 Å². The van der Waals surface area contributed by atoms with Crippen LogP contribution in [0.3, 0.4) is 0 Å². The molecule has 2 aromatic rings. The third kappa shape index (κ3) is 4.08. The number of hydrogen-bond acceptors (Lipinski definition) is 4. The summed E-state index contributed by atoms with van der Waals surface area (Å²) in [6, 6.07) is 12.0. The first kappa shape index (κ1) is 16.0. The van der Waals surface area contributed by atoms with Crippen molar-refractivity contribution < 1.29 is 14.8 Å². The zero-order chi connectivity index (χ0) is 16.1. The van der Waals surface area contributed by atoms with Crippen LogP contribution < -0.4 is 0 Å². The molecule has 0 saturated heterocycles. The van der Waals surface area contributed by atoms with E-state index >= 15 is 0 Å². The highest BCUT2D eigenvalue weighted by molar-refractivity contribution is 7.99. The quantitative estimate of drug-likeness (QED) is 0.645. The summed E-state index contributed by atoms with van der Waals surface area (Å²) >= 11 is 1.45. The van der Waals surface area contributed by atoms with Gasteiger partial charge in [-0.3, -0.25) is 14.9 Å². The van der Waals surface area contributed by atoms with Crippen molar-refractivity contribution in [1.29, 1.82) is 0 Å². The van der Waals surface area contributed by atoms with Gasteiger partial charge in [0, 0.05) is 21.9 Å². The topological polar surface area (TPSA) is 80.4 Å². The first-order valence-electron chi connectivity index (χ1n) is 6.75. The molecular weight excluding hydrogens is 302 g/mol. The number of nitro groups is 1. The van der Waals surface area contributed by atoms with E-state index in [1.165, 1.54) is 23.9 Å². The maximum absolute atomic E-state index is 10.9. The number of aryl methyl sites for hydroxylation is 1. The molecule has 2 aromatic carbocycles. The highest BCUT2D eigenvalue weighted by atomic mass is 32.2. The Balaban J connectivity index is 2.21. The molecule has 6 heteroatoms. The Kier molecular flexibility index (Phi) is 5.16. The Morgan fingerprint density at radius 2 is 1.77 bits per heavy atom. The molecule has 0 bridgehead atoms. The Morgan fingerprint density at radius 3 is 2.32 bits per heavy atom. The summed E-state index contributed by atoms with van der Waals surface area (Å²) in [5, 5.41) is 19.6. The number of carboxylic acids is 1. The molecule has 1 N–H and O–H groups in total. The van der Waals surface area contributed by atoms with Crippen LogP contribution in [-0.4, -0.2) is 16.0 Å². The van der Waals surface area contributed by atoms with Crippen LogP contribution in [-0.2, 0) is 17.6 Å². The van der Waals surface area contributed by atoms with Crippen molar-refractivity contribution in [1.82, 2.24) is 0 Å². The van der Waals surface area contributed by atoms with Gasteiger partial charge in [0.2, 0.25) is 0 Å². The largest absolute Gasteiger partial charge is 0.481 e. The van der Waals surface area contributed by atoms with Crippen LogP contribution in [0.25, 0.3) is 0 Å². The van der Waals surface area contributed by atoms with E-state index in [0.717, 1.165) is 27.3 Å². The molecule has 114 valence electrons. The number of rotatable bonds is 6. The fourth-order valence-corrected chi connectivity index (χ4v) is 2.99. The summed E-state index contributed by atoms with van der Waals surface area (Å²) in [7, 11) is 0. The number of carbonyl (C=O) groups is 1. The molecule has 0 saturated carbocycles. The number of aliphatic carboxylic acids is 1. The minimum absolute atomic E-state index is 0.00215. The number of nitro benzene ring substituents is 1. The van der Waals surface area contributed by atoms with Gasteiger partial charge in [-0.2, -0.15) is 0 Å². The van der Waals surface area contributed by atoms with Crippen molar-refractivity contribution in [2.75, 3.05) is 0 Å². The highest BCUT2D eigenvalue weighted by Gasteiger charge is 2.09. The molecule has 2 rings (SSSR count). The molecule has 0 aromatic heterocycles. The third-order valence-corrected chi connectivity index (χ3v) is 4.18. The summed E-state index contributed by atoms with van der Waals surface area (Å²) in [5.74, 6) is -0.854. The summed E-state index contributed by atoms with van der Waals surface area (Å²) in [5.41, 5.74) is 1.88. The lowest BCUT2D eigenvalue weighted by molar-refractivity contribution is -0.384. The number of benzene rings is 2. The molecular formula is C16H15NO4S. The lowest BCUT2D eigenvalue weighted by Crippen LogP contribution is -2.03. The van der Waals surface area contributed by atoms with E-state index in [1.54, 1.807) is 12.1 Å². The van der Waals surface area contributed by atoms with Crippen molar-refractivity contribution in [2.45, 2.75) is 29.6 Å². The molecule has 0 fully saturated rings. The molecule has 0 amide bonds. The molecule has 0 atom stereocenters. The predicted molar refractivity (Wildman–Crippen MR) is 84.4 cm³/mol. The second-order valence-electron chi connectivity index (χ2n) is 4.71. The summed E-state index contributed by atoms with van der Waals surface area (Å²) in [4.78, 5) is 22.9. The van der Waals surface area contributed by atoms with Crippen molar-refractivity contribution >= 4 is 23.4 Å². The van der Waals surface area contributed by atoms with E-state index in [1.807, 2.05) is 25.1 Å². The fourth-order valence-electron chi connectivity index (χ4n) is 2.11. The van der Waals surface area contributed by atoms with Crippen LogP contribution in [0, 0.1) is 10.1 Å². The van der Waals surface area contributed by atoms with Gasteiger partial charge < -0.3 is 5.11 Å². The van der Waals surface area contributed by atoms with E-state index in [-0.39, 0.29) is 12.1 Å². The predicted octanol–water partition coefficient (Wildman–Crippen LogP) is 3.94. The summed E-state index contributed by atoms with van der Waals surface area (Å²) in [6.45, 7) is 1.99. The van der Waals surface area contributed by atoms with Gasteiger partial charge in [-0.05, 0) is 41.8 Å². The smallest absolute Gasteiger partial charge is 0.307 e. The number of carboxylic acid groups (broad SMARTS) is 1. The number of nitrogens with zero attached hydrogens (tertiary/aromatic N) is 1. The van der Waals surface area contributed by atoms with E-state index in [9.17, 15) is 14.9 Å². The second-order valence-corrected chi connectivity index (χ2v) is 5.85. The van der Waals surface area contributed by atoms with Crippen LogP contribution >= 0.6 is 11.8 Å². The first-order valence-corrected chi connectivity index (χ1v) is 7.57. The number of non-ortho nitro benzene ring substituents is 1. The minimum Gasteiger partial charge on any atom is -0.481 e. The van der Waals surface area contributed by atoms with Gasteiger partial charge in [-0.15, -0.1) is 0 Å². The molecule has 0 aliphatic carbocycles. The van der Waals surface area contributed by atoms with Gasteiger partial charge in [0.15, 0.2) is 0 Å². The number of hydrogen-bond donors (Lipinski definition) is 1. The van der Waals surface area contributed by atoms with Gasteiger partial charge in [0.05, 0.1) is 11.3 Å². The van der Waals surface area contributed by atoms with Crippen LogP contribution in [0.1, 0.15) is 18.1 Å². The lowest BCUT2D eigenvalue weighted by Gasteiger charge is -2.09. The van der Waals surface area contributed by atoms with E-state index in [4.69, 9.17) is 5.11 Å². The maximum Gasteiger partial charge on any atom is 0.307 e. The van der Waals surface area contributed by atoms with Gasteiger partial charge in [0.25, 0.3) is 5.69 Å². The lowest BCUT2D eigenvalue weighted by atomic mass is 10.0. The Hall–Kier alpha value is -2.34. The van der Waals surface area contributed by atoms with E-state index < -0.39 is 10.9 Å². The summed E-state index contributed by atoms with van der Waals surface area (Å²) < 4.78 is 0. The van der Waals surface area contributed by atoms with Crippen LogP contribution in [0.5, 0.6) is 0 Å². The van der Waals surface area contributed by atoms with Crippen LogP contribution in [0.15, 0.2) is 52.3 Å². The zero-order valence-electron chi connectivity index (χ0n) is 12.0. The molecule has 22 heavy (non-hydrogen) atoms. The average Bonchev–Trinajstić information content (AvgIpc) is 2.47. The minimum atomic E-state index is -0.854. The van der Waals surface area contributed by atoms with Crippen molar-refractivity contribution in [3.63, 3.8) is 0 Å². The molecule has 0 spiro atoms. The van der Waals surface area contributed by atoms with Crippen molar-refractivity contribution in [3.8, 4) is 0 Å². The van der Waals surface area contributed by atoms with Crippen molar-refractivity contribution in [3.05, 3.63) is 63.7 Å². The zero-order valence-corrected chi connectivity index (χ0v) is 12.8. The molecule has 0 aliphatic heterocycles. The van der Waals surface area contributed by atoms with E-state index in [0.29, 0.717) is 0 Å². The average molecular weight is 317 g/mol. The van der Waals surface area contributed by atoms with Gasteiger partial charge in [0.1, 0.15) is 0 Å².